The Labute approximate surface area is 155 Å². The lowest BCUT2D eigenvalue weighted by atomic mass is 9.98. The summed E-state index contributed by atoms with van der Waals surface area (Å²) in [5.74, 6) is -2.97. The molecule has 3 rings (SSSR count). The first kappa shape index (κ1) is 18.8. The van der Waals surface area contributed by atoms with E-state index in [0.29, 0.717) is 13.0 Å². The summed E-state index contributed by atoms with van der Waals surface area (Å²) in [6.45, 7) is 0.527. The molecule has 2 aromatic rings. The van der Waals surface area contributed by atoms with Gasteiger partial charge in [0.15, 0.2) is 11.6 Å². The van der Waals surface area contributed by atoms with Gasteiger partial charge in [0.05, 0.1) is 13.0 Å². The van der Waals surface area contributed by atoms with Crippen molar-refractivity contribution in [2.45, 2.75) is 25.2 Å². The fraction of sp³-hybridized carbons (Fsp3) is 0.300. The summed E-state index contributed by atoms with van der Waals surface area (Å²) in [4.78, 5) is 25.2. The molecule has 0 aliphatic carbocycles. The zero-order chi connectivity index (χ0) is 19.4. The lowest BCUT2D eigenvalue weighted by Crippen LogP contribution is -2.30. The lowest BCUT2D eigenvalue weighted by Gasteiger charge is -2.18. The van der Waals surface area contributed by atoms with Crippen molar-refractivity contribution in [3.63, 3.8) is 0 Å². The number of nitrogens with zero attached hydrogens (tertiary/aromatic N) is 1. The maximum absolute atomic E-state index is 13.1. The van der Waals surface area contributed by atoms with E-state index in [0.717, 1.165) is 23.4 Å². The summed E-state index contributed by atoms with van der Waals surface area (Å²) in [5.41, 5.74) is 1.61. The maximum Gasteiger partial charge on any atom is 0.304 e. The minimum absolute atomic E-state index is 0.0277. The molecule has 1 aliphatic heterocycles. The second-order valence-electron chi connectivity index (χ2n) is 6.39. The van der Waals surface area contributed by atoms with Crippen molar-refractivity contribution in [3.8, 4) is 5.75 Å². The number of carboxylic acid groups (broad SMARTS) is 1. The van der Waals surface area contributed by atoms with E-state index in [9.17, 15) is 18.4 Å². The van der Waals surface area contributed by atoms with Crippen molar-refractivity contribution in [2.24, 2.45) is 0 Å². The summed E-state index contributed by atoms with van der Waals surface area (Å²) >= 11 is 0. The number of amides is 1. The maximum atomic E-state index is 13.1. The number of carboxylic acids is 1. The lowest BCUT2D eigenvalue weighted by molar-refractivity contribution is -0.137. The van der Waals surface area contributed by atoms with Crippen LogP contribution in [-0.2, 0) is 9.59 Å². The Hall–Kier alpha value is -2.96. The van der Waals surface area contributed by atoms with Crippen LogP contribution in [0.5, 0.6) is 5.75 Å². The van der Waals surface area contributed by atoms with Crippen LogP contribution in [0.3, 0.4) is 0 Å². The van der Waals surface area contributed by atoms with Crippen LogP contribution in [0, 0.1) is 11.6 Å². The minimum Gasteiger partial charge on any atom is -0.493 e. The molecule has 0 radical (unpaired) electrons. The molecule has 27 heavy (non-hydrogen) atoms. The third-order valence-electron chi connectivity index (χ3n) is 4.49. The molecule has 1 amide bonds. The second-order valence-corrected chi connectivity index (χ2v) is 6.39. The van der Waals surface area contributed by atoms with Crippen molar-refractivity contribution in [2.75, 3.05) is 18.1 Å². The van der Waals surface area contributed by atoms with Gasteiger partial charge in [-0.15, -0.1) is 0 Å². The Balaban J connectivity index is 1.55. The average molecular weight is 375 g/mol. The zero-order valence-corrected chi connectivity index (χ0v) is 14.5. The highest BCUT2D eigenvalue weighted by Gasteiger charge is 2.32. The number of carbonyl (C=O) groups excluding carboxylic acids is 1. The molecule has 5 nitrogen and oxygen atoms in total. The van der Waals surface area contributed by atoms with E-state index >= 15 is 0 Å². The van der Waals surface area contributed by atoms with Crippen molar-refractivity contribution < 1.29 is 28.2 Å². The predicted octanol–water partition coefficient (Wildman–Crippen LogP) is 3.73. The average Bonchev–Trinajstić information content (AvgIpc) is 3.00. The van der Waals surface area contributed by atoms with Crippen molar-refractivity contribution in [3.05, 3.63) is 59.7 Å². The number of aliphatic carboxylic acids is 1. The molecule has 142 valence electrons. The van der Waals surface area contributed by atoms with Gasteiger partial charge in [-0.2, -0.15) is 0 Å². The fourth-order valence-corrected chi connectivity index (χ4v) is 3.23. The molecule has 1 aliphatic rings. The first-order valence-corrected chi connectivity index (χ1v) is 8.64. The number of hydrogen-bond acceptors (Lipinski definition) is 3. The summed E-state index contributed by atoms with van der Waals surface area (Å²) in [5, 5.41) is 9.07. The quantitative estimate of drug-likeness (QED) is 0.749. The number of fused-ring (bicyclic) bond motifs is 1. The van der Waals surface area contributed by atoms with Gasteiger partial charge in [0.2, 0.25) is 5.91 Å². The number of anilines is 1. The summed E-state index contributed by atoms with van der Waals surface area (Å²) in [7, 11) is 0. The van der Waals surface area contributed by atoms with Gasteiger partial charge in [0.1, 0.15) is 5.75 Å². The summed E-state index contributed by atoms with van der Waals surface area (Å²) in [6, 6.07) is 10.6. The van der Waals surface area contributed by atoms with E-state index in [2.05, 4.69) is 0 Å². The number of ether oxygens (including phenoxy) is 1. The molecule has 1 heterocycles. The van der Waals surface area contributed by atoms with E-state index in [-0.39, 0.29) is 37.0 Å². The van der Waals surface area contributed by atoms with E-state index in [1.807, 2.05) is 24.3 Å². The number of para-hydroxylation sites is 1. The molecular weight excluding hydrogens is 356 g/mol. The molecule has 1 N–H and O–H groups in total. The Morgan fingerprint density at radius 1 is 1.15 bits per heavy atom. The van der Waals surface area contributed by atoms with Crippen LogP contribution in [0.4, 0.5) is 14.5 Å². The van der Waals surface area contributed by atoms with Crippen LogP contribution < -0.4 is 9.64 Å². The highest BCUT2D eigenvalue weighted by Crippen LogP contribution is 2.38. The second kappa shape index (κ2) is 8.16. The fourth-order valence-electron chi connectivity index (χ4n) is 3.23. The molecule has 1 atom stereocenters. The Morgan fingerprint density at radius 2 is 1.93 bits per heavy atom. The highest BCUT2D eigenvalue weighted by atomic mass is 19.2. The summed E-state index contributed by atoms with van der Waals surface area (Å²) in [6.07, 6.45) is 0.581. The van der Waals surface area contributed by atoms with Crippen LogP contribution in [0.15, 0.2) is 42.5 Å². The van der Waals surface area contributed by atoms with Gasteiger partial charge in [0.25, 0.3) is 0 Å². The molecule has 1 unspecified atom stereocenters. The highest BCUT2D eigenvalue weighted by molar-refractivity contribution is 5.96. The monoisotopic (exact) mass is 375 g/mol. The van der Waals surface area contributed by atoms with Gasteiger partial charge in [-0.05, 0) is 30.2 Å². The first-order valence-electron chi connectivity index (χ1n) is 8.64. The van der Waals surface area contributed by atoms with Gasteiger partial charge in [-0.1, -0.05) is 18.2 Å². The molecular formula is C20H19F2NO4. The molecule has 0 bridgehead atoms. The number of rotatable bonds is 7. The van der Waals surface area contributed by atoms with Crippen LogP contribution in [0.1, 0.15) is 30.7 Å². The van der Waals surface area contributed by atoms with Gasteiger partial charge < -0.3 is 14.7 Å². The normalized spacial score (nSPS) is 15.5. The Kier molecular flexibility index (Phi) is 5.69. The number of hydrogen-bond donors (Lipinski definition) is 1. The Bertz CT molecular complexity index is 856. The smallest absolute Gasteiger partial charge is 0.304 e. The van der Waals surface area contributed by atoms with Crippen LogP contribution in [0.25, 0.3) is 0 Å². The molecule has 7 heteroatoms. The largest absolute Gasteiger partial charge is 0.493 e. The number of benzene rings is 2. The zero-order valence-electron chi connectivity index (χ0n) is 14.5. The van der Waals surface area contributed by atoms with Gasteiger partial charge in [-0.25, -0.2) is 8.78 Å². The first-order chi connectivity index (χ1) is 13.0. The molecule has 0 saturated heterocycles. The topological polar surface area (TPSA) is 66.8 Å². The van der Waals surface area contributed by atoms with E-state index in [4.69, 9.17) is 9.84 Å². The van der Waals surface area contributed by atoms with E-state index in [1.165, 1.54) is 6.07 Å². The van der Waals surface area contributed by atoms with Gasteiger partial charge in [0, 0.05) is 30.6 Å². The van der Waals surface area contributed by atoms with Crippen LogP contribution in [-0.4, -0.2) is 30.1 Å². The van der Waals surface area contributed by atoms with Crippen LogP contribution >= 0.6 is 0 Å². The van der Waals surface area contributed by atoms with Crippen LogP contribution in [0.2, 0.25) is 0 Å². The van der Waals surface area contributed by atoms with Crippen molar-refractivity contribution in [1.29, 1.82) is 0 Å². The molecule has 0 fully saturated rings. The van der Waals surface area contributed by atoms with Crippen molar-refractivity contribution in [1.82, 2.24) is 0 Å². The number of halogens is 2. The molecule has 2 aromatic carbocycles. The molecule has 0 saturated carbocycles. The van der Waals surface area contributed by atoms with Gasteiger partial charge >= 0.3 is 5.97 Å². The van der Waals surface area contributed by atoms with E-state index in [1.54, 1.807) is 4.90 Å². The van der Waals surface area contributed by atoms with Gasteiger partial charge in [-0.3, -0.25) is 9.59 Å². The SMILES string of the molecule is O=C(O)CC1CN(C(=O)CCCOc2ccc(F)c(F)c2)c2ccccc21. The van der Waals surface area contributed by atoms with Crippen molar-refractivity contribution >= 4 is 17.6 Å². The predicted molar refractivity (Wildman–Crippen MR) is 94.9 cm³/mol. The Morgan fingerprint density at radius 3 is 2.67 bits per heavy atom. The third-order valence-corrected chi connectivity index (χ3v) is 4.49. The molecule has 0 aromatic heterocycles. The summed E-state index contributed by atoms with van der Waals surface area (Å²) < 4.78 is 31.4. The third kappa shape index (κ3) is 4.42. The molecule has 0 spiro atoms. The number of carbonyl (C=O) groups is 2. The standard InChI is InChI=1S/C20H19F2NO4/c21-16-8-7-14(11-17(16)22)27-9-3-6-19(24)23-12-13(10-20(25)26)15-4-1-2-5-18(15)23/h1-2,4-5,7-8,11,13H,3,6,9-10,12H2,(H,25,26). The van der Waals surface area contributed by atoms with E-state index < -0.39 is 17.6 Å². The minimum atomic E-state index is -0.985.